The minimum atomic E-state index is -4.30. The fourth-order valence-corrected chi connectivity index (χ4v) is 2.82. The summed E-state index contributed by atoms with van der Waals surface area (Å²) in [5.41, 5.74) is -3.70. The topological polar surface area (TPSA) is 18.5 Å². The van der Waals surface area contributed by atoms with Crippen LogP contribution in [0.15, 0.2) is 30.3 Å². The van der Waals surface area contributed by atoms with Crippen LogP contribution in [0.1, 0.15) is 38.8 Å². The summed E-state index contributed by atoms with van der Waals surface area (Å²) < 4.78 is 95.2. The maximum Gasteiger partial charge on any atom is 0.494 e. The van der Waals surface area contributed by atoms with Gasteiger partial charge in [0, 0.05) is 11.6 Å². The molecule has 28 heavy (non-hydrogen) atoms. The second-order valence-electron chi connectivity index (χ2n) is 7.63. The lowest BCUT2D eigenvalue weighted by molar-refractivity contribution is 0.00578. The molecule has 0 saturated carbocycles. The molecule has 0 unspecified atom stereocenters. The third-order valence-corrected chi connectivity index (χ3v) is 5.22. The first-order valence-corrected chi connectivity index (χ1v) is 8.45. The van der Waals surface area contributed by atoms with Gasteiger partial charge in [-0.15, -0.1) is 0 Å². The smallest absolute Gasteiger partial charge is 0.399 e. The van der Waals surface area contributed by atoms with Crippen LogP contribution in [0.5, 0.6) is 0 Å². The van der Waals surface area contributed by atoms with Gasteiger partial charge in [-0.3, -0.25) is 0 Å². The van der Waals surface area contributed by atoms with Crippen molar-refractivity contribution in [3.63, 3.8) is 0 Å². The number of hydrogen-bond donors (Lipinski definition) is 0. The van der Waals surface area contributed by atoms with Gasteiger partial charge < -0.3 is 9.31 Å². The Morgan fingerprint density at radius 2 is 1.21 bits per heavy atom. The Balaban J connectivity index is 1.96. The molecule has 1 heterocycles. The van der Waals surface area contributed by atoms with Crippen LogP contribution in [-0.2, 0) is 15.2 Å². The maximum absolute atomic E-state index is 14.6. The first-order chi connectivity index (χ1) is 12.8. The summed E-state index contributed by atoms with van der Waals surface area (Å²) in [7, 11) is -0.826. The van der Waals surface area contributed by atoms with Crippen molar-refractivity contribution in [2.75, 3.05) is 0 Å². The van der Waals surface area contributed by atoms with Gasteiger partial charge in [-0.05, 0) is 33.2 Å². The van der Waals surface area contributed by atoms with Crippen molar-refractivity contribution in [1.29, 1.82) is 0 Å². The molecular formula is C19H17BF6O2. The fourth-order valence-electron chi connectivity index (χ4n) is 2.82. The van der Waals surface area contributed by atoms with E-state index in [-0.39, 0.29) is 6.07 Å². The highest BCUT2D eigenvalue weighted by molar-refractivity contribution is 6.62. The van der Waals surface area contributed by atoms with Gasteiger partial charge in [0.25, 0.3) is 0 Å². The Morgan fingerprint density at radius 1 is 0.786 bits per heavy atom. The molecule has 0 radical (unpaired) electrons. The van der Waals surface area contributed by atoms with Gasteiger partial charge in [-0.1, -0.05) is 24.3 Å². The highest BCUT2D eigenvalue weighted by atomic mass is 19.3. The predicted molar refractivity (Wildman–Crippen MR) is 91.4 cm³/mol. The van der Waals surface area contributed by atoms with E-state index < -0.39 is 58.6 Å². The van der Waals surface area contributed by atoms with Crippen LogP contribution in [0.2, 0.25) is 0 Å². The molecule has 0 aromatic heterocycles. The Kier molecular flexibility index (Phi) is 4.83. The van der Waals surface area contributed by atoms with Gasteiger partial charge in [0.05, 0.1) is 11.2 Å². The van der Waals surface area contributed by atoms with Crippen molar-refractivity contribution >= 4 is 12.6 Å². The average Bonchev–Trinajstić information content (AvgIpc) is 2.81. The van der Waals surface area contributed by atoms with E-state index in [1.54, 1.807) is 0 Å². The molecular weight excluding hydrogens is 385 g/mol. The molecule has 0 amide bonds. The summed E-state index contributed by atoms with van der Waals surface area (Å²) in [5.74, 6) is -12.4. The predicted octanol–water partition coefficient (Wildman–Crippen LogP) is 4.68. The molecule has 150 valence electrons. The molecule has 3 rings (SSSR count). The second-order valence-corrected chi connectivity index (χ2v) is 7.63. The quantitative estimate of drug-likeness (QED) is 0.422. The molecule has 1 fully saturated rings. The third-order valence-electron chi connectivity index (χ3n) is 5.22. The number of alkyl halides is 2. The molecule has 2 nitrogen and oxygen atoms in total. The molecule has 9 heteroatoms. The minimum absolute atomic E-state index is 0.119. The van der Waals surface area contributed by atoms with E-state index >= 15 is 0 Å². The Labute approximate surface area is 158 Å². The van der Waals surface area contributed by atoms with E-state index in [0.717, 1.165) is 12.1 Å². The first-order valence-electron chi connectivity index (χ1n) is 8.45. The SMILES string of the molecule is CC1(C)OB(c2ccc(C(F)(F)c3c(F)c(F)cc(F)c3F)cc2)OC1(C)C. The normalized spacial score (nSPS) is 18.6. The van der Waals surface area contributed by atoms with Gasteiger partial charge in [-0.25, -0.2) is 17.6 Å². The minimum Gasteiger partial charge on any atom is -0.399 e. The molecule has 1 aliphatic heterocycles. The number of hydrogen-bond acceptors (Lipinski definition) is 2. The molecule has 0 N–H and O–H groups in total. The zero-order valence-electron chi connectivity index (χ0n) is 15.5. The van der Waals surface area contributed by atoms with Crippen LogP contribution < -0.4 is 5.46 Å². The summed E-state index contributed by atoms with van der Waals surface area (Å²) in [6.45, 7) is 7.28. The van der Waals surface area contributed by atoms with Crippen LogP contribution in [0.25, 0.3) is 0 Å². The van der Waals surface area contributed by atoms with Crippen molar-refractivity contribution in [3.05, 3.63) is 64.7 Å². The van der Waals surface area contributed by atoms with E-state index in [1.807, 2.05) is 27.7 Å². The molecule has 2 aromatic carbocycles. The van der Waals surface area contributed by atoms with Crippen molar-refractivity contribution in [2.24, 2.45) is 0 Å². The van der Waals surface area contributed by atoms with Crippen LogP contribution in [0, 0.1) is 23.3 Å². The lowest BCUT2D eigenvalue weighted by Gasteiger charge is -2.32. The Hall–Kier alpha value is -2.00. The number of benzene rings is 2. The summed E-state index contributed by atoms with van der Waals surface area (Å²) in [6, 6.07) is 4.18. The third kappa shape index (κ3) is 3.20. The van der Waals surface area contributed by atoms with E-state index in [9.17, 15) is 26.3 Å². The number of halogens is 6. The van der Waals surface area contributed by atoms with Crippen molar-refractivity contribution in [1.82, 2.24) is 0 Å². The monoisotopic (exact) mass is 402 g/mol. The molecule has 0 atom stereocenters. The lowest BCUT2D eigenvalue weighted by Crippen LogP contribution is -2.41. The summed E-state index contributed by atoms with van der Waals surface area (Å²) in [5, 5.41) is 0. The lowest BCUT2D eigenvalue weighted by atomic mass is 9.78. The summed E-state index contributed by atoms with van der Waals surface area (Å²) >= 11 is 0. The van der Waals surface area contributed by atoms with Crippen molar-refractivity contribution in [2.45, 2.75) is 44.8 Å². The van der Waals surface area contributed by atoms with Gasteiger partial charge in [-0.2, -0.15) is 8.78 Å². The van der Waals surface area contributed by atoms with Gasteiger partial charge in [0.15, 0.2) is 23.3 Å². The van der Waals surface area contributed by atoms with E-state index in [2.05, 4.69) is 0 Å². The highest BCUT2D eigenvalue weighted by Gasteiger charge is 2.52. The van der Waals surface area contributed by atoms with Crippen LogP contribution in [0.3, 0.4) is 0 Å². The van der Waals surface area contributed by atoms with E-state index in [4.69, 9.17) is 9.31 Å². The van der Waals surface area contributed by atoms with E-state index in [1.165, 1.54) is 12.1 Å². The van der Waals surface area contributed by atoms with Crippen LogP contribution in [0.4, 0.5) is 26.3 Å². The molecule has 0 bridgehead atoms. The van der Waals surface area contributed by atoms with Gasteiger partial charge in [0.1, 0.15) is 5.56 Å². The first kappa shape index (κ1) is 20.7. The van der Waals surface area contributed by atoms with Crippen LogP contribution >= 0.6 is 0 Å². The van der Waals surface area contributed by atoms with Crippen LogP contribution in [-0.4, -0.2) is 18.3 Å². The molecule has 2 aromatic rings. The highest BCUT2D eigenvalue weighted by Crippen LogP contribution is 2.40. The largest absolute Gasteiger partial charge is 0.494 e. The van der Waals surface area contributed by atoms with Gasteiger partial charge in [0.2, 0.25) is 0 Å². The number of rotatable bonds is 3. The van der Waals surface area contributed by atoms with Gasteiger partial charge >= 0.3 is 13.0 Å². The summed E-state index contributed by atoms with van der Waals surface area (Å²) in [6.07, 6.45) is 0. The standard InChI is InChI=1S/C19H17BF6O2/c1-17(2)18(3,4)28-20(27-17)11-7-5-10(6-8-11)19(25,26)14-15(23)12(21)9-13(22)16(14)24/h5-9H,1-4H3. The Bertz CT molecular complexity index is 869. The fraction of sp³-hybridized carbons (Fsp3) is 0.368. The zero-order chi connectivity index (χ0) is 21.1. The molecule has 1 aliphatic rings. The molecule has 0 spiro atoms. The van der Waals surface area contributed by atoms with E-state index in [0.29, 0.717) is 5.46 Å². The van der Waals surface area contributed by atoms with Crippen molar-refractivity contribution < 1.29 is 35.7 Å². The zero-order valence-corrected chi connectivity index (χ0v) is 15.5. The Morgan fingerprint density at radius 3 is 1.64 bits per heavy atom. The molecule has 0 aliphatic carbocycles. The summed E-state index contributed by atoms with van der Waals surface area (Å²) in [4.78, 5) is 0. The maximum atomic E-state index is 14.6. The average molecular weight is 402 g/mol. The van der Waals surface area contributed by atoms with Crippen molar-refractivity contribution in [3.8, 4) is 0 Å². The molecule has 1 saturated heterocycles. The second kappa shape index (κ2) is 6.52.